The van der Waals surface area contributed by atoms with Gasteiger partial charge in [-0.15, -0.1) is 0 Å². The monoisotopic (exact) mass is 458 g/mol. The van der Waals surface area contributed by atoms with E-state index in [0.717, 1.165) is 16.5 Å². The molecule has 2 aromatic carbocycles. The van der Waals surface area contributed by atoms with Gasteiger partial charge in [0.25, 0.3) is 5.91 Å². The van der Waals surface area contributed by atoms with Crippen molar-refractivity contribution in [2.75, 3.05) is 0 Å². The molecule has 0 radical (unpaired) electrons. The number of hydrogen-bond acceptors (Lipinski definition) is 6. The molecule has 1 atom stereocenters. The topological polar surface area (TPSA) is 144 Å². The number of aromatic amines is 1. The molecule has 0 fully saturated rings. The van der Waals surface area contributed by atoms with Gasteiger partial charge in [-0.3, -0.25) is 14.4 Å². The summed E-state index contributed by atoms with van der Waals surface area (Å²) in [5, 5.41) is 3.92. The molecule has 2 aromatic heterocycles. The summed E-state index contributed by atoms with van der Waals surface area (Å²) in [5.74, 6) is -2.66. The number of hydrogen-bond donors (Lipinski definition) is 3. The average molecular weight is 458 g/mol. The van der Waals surface area contributed by atoms with E-state index in [9.17, 15) is 19.2 Å². The van der Waals surface area contributed by atoms with Gasteiger partial charge in [0.2, 0.25) is 5.91 Å². The van der Waals surface area contributed by atoms with Crippen molar-refractivity contribution in [3.8, 4) is 0 Å². The molecule has 172 valence electrons. The first-order valence-corrected chi connectivity index (χ1v) is 10.6. The van der Waals surface area contributed by atoms with Gasteiger partial charge in [0, 0.05) is 23.2 Å². The van der Waals surface area contributed by atoms with Crippen molar-refractivity contribution in [1.29, 1.82) is 0 Å². The van der Waals surface area contributed by atoms with Crippen LogP contribution in [-0.2, 0) is 20.9 Å². The van der Waals surface area contributed by atoms with Crippen LogP contribution in [-0.4, -0.2) is 39.6 Å². The lowest BCUT2D eigenvalue weighted by Crippen LogP contribution is -2.44. The van der Waals surface area contributed by atoms with E-state index >= 15 is 0 Å². The number of ether oxygens (including phenoxy) is 1. The number of carbonyl (C=O) groups excluding carboxylic acids is 4. The minimum Gasteiger partial charge on any atom is -0.459 e. The van der Waals surface area contributed by atoms with Crippen molar-refractivity contribution in [3.05, 3.63) is 77.6 Å². The molecular formula is C25H22N4O5. The highest BCUT2D eigenvalue weighted by atomic mass is 16.5. The molecule has 4 N–H and O–H groups in total. The molecule has 2 heterocycles. The van der Waals surface area contributed by atoms with Gasteiger partial charge in [-0.1, -0.05) is 48.5 Å². The highest BCUT2D eigenvalue weighted by Gasteiger charge is 2.27. The Morgan fingerprint density at radius 3 is 2.44 bits per heavy atom. The molecule has 0 saturated carbocycles. The predicted octanol–water partition coefficient (Wildman–Crippen LogP) is 2.64. The quantitative estimate of drug-likeness (QED) is 0.273. The third kappa shape index (κ3) is 4.78. The number of amides is 2. The molecule has 0 unspecified atom stereocenters. The van der Waals surface area contributed by atoms with E-state index in [0.29, 0.717) is 10.9 Å². The van der Waals surface area contributed by atoms with Gasteiger partial charge in [-0.2, -0.15) is 0 Å². The number of aromatic nitrogens is 2. The van der Waals surface area contributed by atoms with Crippen molar-refractivity contribution in [2.24, 2.45) is 5.73 Å². The van der Waals surface area contributed by atoms with Gasteiger partial charge in [0.15, 0.2) is 5.78 Å². The van der Waals surface area contributed by atoms with Crippen LogP contribution in [0.4, 0.5) is 0 Å². The third-order valence-corrected chi connectivity index (χ3v) is 5.28. The fourth-order valence-electron chi connectivity index (χ4n) is 3.67. The molecule has 0 spiro atoms. The van der Waals surface area contributed by atoms with E-state index in [-0.39, 0.29) is 23.8 Å². The Hall–Kier alpha value is -4.53. The fourth-order valence-corrected chi connectivity index (χ4v) is 3.67. The van der Waals surface area contributed by atoms with Crippen LogP contribution in [0.1, 0.15) is 39.9 Å². The van der Waals surface area contributed by atoms with Gasteiger partial charge in [0.05, 0.1) is 11.9 Å². The molecule has 0 aliphatic carbocycles. The van der Waals surface area contributed by atoms with E-state index in [1.54, 1.807) is 24.3 Å². The maximum absolute atomic E-state index is 13.0. The Bertz CT molecular complexity index is 1410. The number of benzene rings is 2. The minimum atomic E-state index is -1.31. The van der Waals surface area contributed by atoms with E-state index in [4.69, 9.17) is 10.5 Å². The number of Topliss-reactive ketones (excluding diaryl/α,β-unsaturated/α-hetero) is 1. The Kier molecular flexibility index (Phi) is 6.35. The van der Waals surface area contributed by atoms with E-state index in [1.165, 1.54) is 13.0 Å². The Balaban J connectivity index is 1.62. The zero-order chi connectivity index (χ0) is 24.2. The number of nitrogens with one attached hydrogen (secondary N) is 2. The molecule has 9 heteroatoms. The Morgan fingerprint density at radius 2 is 1.74 bits per heavy atom. The molecule has 0 bridgehead atoms. The molecule has 4 aromatic rings. The summed E-state index contributed by atoms with van der Waals surface area (Å²) in [4.78, 5) is 56.8. The van der Waals surface area contributed by atoms with Crippen LogP contribution in [0.5, 0.6) is 0 Å². The number of rotatable bonds is 8. The number of primary amides is 1. The summed E-state index contributed by atoms with van der Waals surface area (Å²) in [6.07, 6.45) is -0.450. The summed E-state index contributed by atoms with van der Waals surface area (Å²) < 4.78 is 5.26. The highest BCUT2D eigenvalue weighted by Crippen LogP contribution is 2.28. The number of ketones is 1. The zero-order valence-electron chi connectivity index (χ0n) is 18.3. The SMILES string of the molecule is CC(=O)c1nc(C(=O)N[C@@H](CC(N)=O)C(=O)OCc2ccccc2)cc2c1[nH]c1ccccc12. The van der Waals surface area contributed by atoms with Gasteiger partial charge < -0.3 is 20.8 Å². The number of pyridine rings is 1. The van der Waals surface area contributed by atoms with Gasteiger partial charge >= 0.3 is 5.97 Å². The molecule has 4 rings (SSSR count). The second-order valence-corrected chi connectivity index (χ2v) is 7.80. The minimum absolute atomic E-state index is 0.0289. The number of nitrogens with two attached hydrogens (primary N) is 1. The molecule has 0 saturated heterocycles. The van der Waals surface area contributed by atoms with Crippen molar-refractivity contribution in [1.82, 2.24) is 15.3 Å². The fraction of sp³-hybridized carbons (Fsp3) is 0.160. The lowest BCUT2D eigenvalue weighted by molar-refractivity contribution is -0.148. The van der Waals surface area contributed by atoms with E-state index in [2.05, 4.69) is 15.3 Å². The maximum atomic E-state index is 13.0. The second kappa shape index (κ2) is 9.53. The normalized spacial score (nSPS) is 11.8. The van der Waals surface area contributed by atoms with Crippen molar-refractivity contribution in [2.45, 2.75) is 26.0 Å². The number of H-pyrrole nitrogens is 1. The largest absolute Gasteiger partial charge is 0.459 e. The second-order valence-electron chi connectivity index (χ2n) is 7.80. The average Bonchev–Trinajstić information content (AvgIpc) is 3.20. The maximum Gasteiger partial charge on any atom is 0.329 e. The molecular weight excluding hydrogens is 436 g/mol. The molecule has 34 heavy (non-hydrogen) atoms. The predicted molar refractivity (Wildman–Crippen MR) is 125 cm³/mol. The van der Waals surface area contributed by atoms with Crippen molar-refractivity contribution in [3.63, 3.8) is 0 Å². The number of esters is 1. The Labute approximate surface area is 194 Å². The van der Waals surface area contributed by atoms with Crippen LogP contribution >= 0.6 is 0 Å². The van der Waals surface area contributed by atoms with Gasteiger partial charge in [-0.05, 0) is 17.7 Å². The number of carbonyl (C=O) groups is 4. The highest BCUT2D eigenvalue weighted by molar-refractivity contribution is 6.15. The summed E-state index contributed by atoms with van der Waals surface area (Å²) in [5.41, 5.74) is 7.35. The number of para-hydroxylation sites is 1. The smallest absolute Gasteiger partial charge is 0.329 e. The number of nitrogens with zero attached hydrogens (tertiary/aromatic N) is 1. The van der Waals surface area contributed by atoms with Crippen LogP contribution in [0.3, 0.4) is 0 Å². The van der Waals surface area contributed by atoms with Crippen LogP contribution in [0, 0.1) is 0 Å². The van der Waals surface area contributed by atoms with Crippen molar-refractivity contribution >= 4 is 45.4 Å². The molecule has 0 aliphatic heterocycles. The summed E-state index contributed by atoms with van der Waals surface area (Å²) in [6, 6.07) is 16.6. The van der Waals surface area contributed by atoms with Gasteiger partial charge in [0.1, 0.15) is 24.0 Å². The third-order valence-electron chi connectivity index (χ3n) is 5.28. The zero-order valence-corrected chi connectivity index (χ0v) is 18.3. The molecule has 2 amide bonds. The lowest BCUT2D eigenvalue weighted by atomic mass is 10.1. The first-order chi connectivity index (χ1) is 16.3. The van der Waals surface area contributed by atoms with Crippen LogP contribution in [0.25, 0.3) is 21.8 Å². The van der Waals surface area contributed by atoms with E-state index in [1.807, 2.05) is 30.3 Å². The summed E-state index contributed by atoms with van der Waals surface area (Å²) in [6.45, 7) is 1.32. The lowest BCUT2D eigenvalue weighted by Gasteiger charge is -2.16. The molecule has 0 aliphatic rings. The molecule has 9 nitrogen and oxygen atoms in total. The number of fused-ring (bicyclic) bond motifs is 3. The van der Waals surface area contributed by atoms with Crippen molar-refractivity contribution < 1.29 is 23.9 Å². The van der Waals surface area contributed by atoms with Crippen LogP contribution < -0.4 is 11.1 Å². The Morgan fingerprint density at radius 1 is 1.03 bits per heavy atom. The van der Waals surface area contributed by atoms with E-state index < -0.39 is 30.2 Å². The van der Waals surface area contributed by atoms with Crippen LogP contribution in [0.15, 0.2) is 60.7 Å². The first kappa shape index (κ1) is 22.7. The summed E-state index contributed by atoms with van der Waals surface area (Å²) in [7, 11) is 0. The standard InChI is InChI=1S/C25H22N4O5/c1-14(30)22-23-17(16-9-5-6-10-18(16)27-23)11-19(28-22)24(32)29-20(12-21(26)31)25(33)34-13-15-7-3-2-4-8-15/h2-11,20,27H,12-13H2,1H3,(H2,26,31)(H,29,32)/t20-/m0/s1. The van der Waals surface area contributed by atoms with Gasteiger partial charge in [-0.25, -0.2) is 9.78 Å². The summed E-state index contributed by atoms with van der Waals surface area (Å²) >= 11 is 0. The first-order valence-electron chi connectivity index (χ1n) is 10.6. The van der Waals surface area contributed by atoms with Crippen LogP contribution in [0.2, 0.25) is 0 Å².